The van der Waals surface area contributed by atoms with Crippen LogP contribution >= 0.6 is 0 Å². The minimum Gasteiger partial charge on any atom is -0.490 e. The first kappa shape index (κ1) is 12.4. The summed E-state index contributed by atoms with van der Waals surface area (Å²) in [5.41, 5.74) is 1.38. The molecule has 1 aliphatic rings. The molecule has 0 radical (unpaired) electrons. The molecule has 0 bridgehead atoms. The predicted molar refractivity (Wildman–Crippen MR) is 71.6 cm³/mol. The van der Waals surface area contributed by atoms with Crippen LogP contribution in [-0.4, -0.2) is 19.7 Å². The van der Waals surface area contributed by atoms with E-state index < -0.39 is 0 Å². The molecule has 2 unspecified atom stereocenters. The first-order valence-corrected chi connectivity index (χ1v) is 6.62. The van der Waals surface area contributed by atoms with Crippen molar-refractivity contribution in [1.82, 2.24) is 5.32 Å². The standard InChI is InChI=1S/C15H23NO/c1-11(10-16-3)12(2)13-5-4-6-15(9-13)17-14-7-8-14/h4-6,9,11-12,14,16H,7-8,10H2,1-3H3. The third-order valence-electron chi connectivity index (χ3n) is 3.59. The van der Waals surface area contributed by atoms with Crippen LogP contribution in [0.1, 0.15) is 38.2 Å². The van der Waals surface area contributed by atoms with Crippen molar-refractivity contribution in [3.63, 3.8) is 0 Å². The van der Waals surface area contributed by atoms with E-state index in [-0.39, 0.29) is 0 Å². The Hall–Kier alpha value is -1.02. The Kier molecular flexibility index (Phi) is 4.06. The van der Waals surface area contributed by atoms with E-state index >= 15 is 0 Å². The number of benzene rings is 1. The van der Waals surface area contributed by atoms with Crippen molar-refractivity contribution in [2.45, 2.75) is 38.7 Å². The van der Waals surface area contributed by atoms with Crippen molar-refractivity contribution in [1.29, 1.82) is 0 Å². The minimum atomic E-state index is 0.482. The Balaban J connectivity index is 2.03. The van der Waals surface area contributed by atoms with Gasteiger partial charge >= 0.3 is 0 Å². The molecular formula is C15H23NO. The molecule has 0 amide bonds. The number of rotatable bonds is 6. The lowest BCUT2D eigenvalue weighted by atomic mass is 9.89. The third kappa shape index (κ3) is 3.47. The molecule has 0 spiro atoms. The largest absolute Gasteiger partial charge is 0.490 e. The van der Waals surface area contributed by atoms with Gasteiger partial charge in [-0.15, -0.1) is 0 Å². The van der Waals surface area contributed by atoms with Gasteiger partial charge in [0.25, 0.3) is 0 Å². The molecule has 2 rings (SSSR count). The van der Waals surface area contributed by atoms with Crippen LogP contribution in [0.4, 0.5) is 0 Å². The second-order valence-corrected chi connectivity index (χ2v) is 5.21. The van der Waals surface area contributed by atoms with Gasteiger partial charge in [0.2, 0.25) is 0 Å². The lowest BCUT2D eigenvalue weighted by Crippen LogP contribution is -2.20. The Bertz CT molecular complexity index is 360. The van der Waals surface area contributed by atoms with Gasteiger partial charge in [0.1, 0.15) is 5.75 Å². The Morgan fingerprint density at radius 1 is 1.35 bits per heavy atom. The molecule has 0 heterocycles. The van der Waals surface area contributed by atoms with Gasteiger partial charge in [-0.3, -0.25) is 0 Å². The fraction of sp³-hybridized carbons (Fsp3) is 0.600. The third-order valence-corrected chi connectivity index (χ3v) is 3.59. The summed E-state index contributed by atoms with van der Waals surface area (Å²) in [6, 6.07) is 8.58. The summed E-state index contributed by atoms with van der Waals surface area (Å²) in [6.45, 7) is 5.63. The lowest BCUT2D eigenvalue weighted by molar-refractivity contribution is 0.302. The molecule has 1 aromatic rings. The fourth-order valence-electron chi connectivity index (χ4n) is 2.08. The highest BCUT2D eigenvalue weighted by Gasteiger charge is 2.23. The van der Waals surface area contributed by atoms with E-state index in [1.54, 1.807) is 0 Å². The van der Waals surface area contributed by atoms with Crippen LogP contribution in [0.2, 0.25) is 0 Å². The van der Waals surface area contributed by atoms with Gasteiger partial charge in [0.15, 0.2) is 0 Å². The Labute approximate surface area is 104 Å². The molecule has 1 fully saturated rings. The van der Waals surface area contributed by atoms with Gasteiger partial charge < -0.3 is 10.1 Å². The molecule has 1 saturated carbocycles. The summed E-state index contributed by atoms with van der Waals surface area (Å²) in [5.74, 6) is 2.23. The zero-order valence-corrected chi connectivity index (χ0v) is 11.1. The van der Waals surface area contributed by atoms with Crippen LogP contribution in [0, 0.1) is 5.92 Å². The minimum absolute atomic E-state index is 0.482. The summed E-state index contributed by atoms with van der Waals surface area (Å²) in [5, 5.41) is 3.24. The van der Waals surface area contributed by atoms with Crippen molar-refractivity contribution in [2.75, 3.05) is 13.6 Å². The highest BCUT2D eigenvalue weighted by Crippen LogP contribution is 2.30. The topological polar surface area (TPSA) is 21.3 Å². The number of ether oxygens (including phenoxy) is 1. The van der Waals surface area contributed by atoms with E-state index in [2.05, 4.69) is 43.4 Å². The van der Waals surface area contributed by atoms with Crippen LogP contribution in [0.15, 0.2) is 24.3 Å². The van der Waals surface area contributed by atoms with Gasteiger partial charge in [0, 0.05) is 0 Å². The molecular weight excluding hydrogens is 210 g/mol. The van der Waals surface area contributed by atoms with Crippen LogP contribution in [-0.2, 0) is 0 Å². The SMILES string of the molecule is CNCC(C)C(C)c1cccc(OC2CC2)c1. The van der Waals surface area contributed by atoms with E-state index in [0.29, 0.717) is 17.9 Å². The number of hydrogen-bond acceptors (Lipinski definition) is 2. The van der Waals surface area contributed by atoms with E-state index in [0.717, 1.165) is 12.3 Å². The zero-order chi connectivity index (χ0) is 12.3. The predicted octanol–water partition coefficient (Wildman–Crippen LogP) is 3.19. The first-order chi connectivity index (χ1) is 8.20. The molecule has 2 atom stereocenters. The maximum absolute atomic E-state index is 5.84. The van der Waals surface area contributed by atoms with Crippen LogP contribution in [0.3, 0.4) is 0 Å². The molecule has 0 saturated heterocycles. The molecule has 1 N–H and O–H groups in total. The zero-order valence-electron chi connectivity index (χ0n) is 11.1. The highest BCUT2D eigenvalue weighted by atomic mass is 16.5. The van der Waals surface area contributed by atoms with Crippen molar-refractivity contribution in [3.05, 3.63) is 29.8 Å². The summed E-state index contributed by atoms with van der Waals surface area (Å²) >= 11 is 0. The van der Waals surface area contributed by atoms with Crippen LogP contribution in [0.25, 0.3) is 0 Å². The van der Waals surface area contributed by atoms with Crippen LogP contribution < -0.4 is 10.1 Å². The second-order valence-electron chi connectivity index (χ2n) is 5.21. The summed E-state index contributed by atoms with van der Waals surface area (Å²) in [6.07, 6.45) is 2.92. The van der Waals surface area contributed by atoms with Gasteiger partial charge in [0.05, 0.1) is 6.10 Å². The maximum Gasteiger partial charge on any atom is 0.119 e. The van der Waals surface area contributed by atoms with Crippen molar-refractivity contribution in [3.8, 4) is 5.75 Å². The smallest absolute Gasteiger partial charge is 0.119 e. The quantitative estimate of drug-likeness (QED) is 0.814. The van der Waals surface area contributed by atoms with Crippen molar-refractivity contribution in [2.24, 2.45) is 5.92 Å². The van der Waals surface area contributed by atoms with Gasteiger partial charge in [-0.2, -0.15) is 0 Å². The lowest BCUT2D eigenvalue weighted by Gasteiger charge is -2.20. The van der Waals surface area contributed by atoms with E-state index in [4.69, 9.17) is 4.74 Å². The molecule has 1 aromatic carbocycles. The average Bonchev–Trinajstić information content (AvgIpc) is 3.12. The Morgan fingerprint density at radius 3 is 2.76 bits per heavy atom. The van der Waals surface area contributed by atoms with Crippen molar-refractivity contribution < 1.29 is 4.74 Å². The molecule has 0 aromatic heterocycles. The van der Waals surface area contributed by atoms with Crippen molar-refractivity contribution >= 4 is 0 Å². The summed E-state index contributed by atoms with van der Waals surface area (Å²) < 4.78 is 5.84. The van der Waals surface area contributed by atoms with E-state index in [1.165, 1.54) is 18.4 Å². The second kappa shape index (κ2) is 5.54. The molecule has 2 nitrogen and oxygen atoms in total. The number of nitrogens with one attached hydrogen (secondary N) is 1. The molecule has 0 aliphatic heterocycles. The monoisotopic (exact) mass is 233 g/mol. The van der Waals surface area contributed by atoms with Crippen LogP contribution in [0.5, 0.6) is 5.75 Å². The molecule has 94 valence electrons. The van der Waals surface area contributed by atoms with Gasteiger partial charge in [-0.1, -0.05) is 26.0 Å². The maximum atomic E-state index is 5.84. The summed E-state index contributed by atoms with van der Waals surface area (Å²) in [4.78, 5) is 0. The average molecular weight is 233 g/mol. The first-order valence-electron chi connectivity index (χ1n) is 6.62. The number of hydrogen-bond donors (Lipinski definition) is 1. The highest BCUT2D eigenvalue weighted by molar-refractivity contribution is 5.31. The molecule has 1 aliphatic carbocycles. The van der Waals surface area contributed by atoms with Gasteiger partial charge in [-0.25, -0.2) is 0 Å². The molecule has 2 heteroatoms. The molecule has 17 heavy (non-hydrogen) atoms. The Morgan fingerprint density at radius 2 is 2.12 bits per heavy atom. The van der Waals surface area contributed by atoms with Gasteiger partial charge in [-0.05, 0) is 56.0 Å². The van der Waals surface area contributed by atoms with E-state index in [9.17, 15) is 0 Å². The fourth-order valence-corrected chi connectivity index (χ4v) is 2.08. The summed E-state index contributed by atoms with van der Waals surface area (Å²) in [7, 11) is 2.01. The normalized spacial score (nSPS) is 18.8. The van der Waals surface area contributed by atoms with E-state index in [1.807, 2.05) is 7.05 Å².